The molecule has 3 rings (SSSR count). The second-order valence-electron chi connectivity index (χ2n) is 4.67. The normalized spacial score (nSPS) is 10.9. The number of methoxy groups -OCH3 is 1. The molecule has 0 aliphatic rings. The molecule has 4 heteroatoms. The van der Waals surface area contributed by atoms with Gasteiger partial charge in [-0.05, 0) is 35.2 Å². The van der Waals surface area contributed by atoms with Crippen LogP contribution in [0.3, 0.4) is 0 Å². The molecule has 0 aliphatic carbocycles. The van der Waals surface area contributed by atoms with E-state index in [-0.39, 0.29) is 6.61 Å². The predicted molar refractivity (Wildman–Crippen MR) is 77.8 cm³/mol. The third-order valence-corrected chi connectivity index (χ3v) is 3.34. The zero-order chi connectivity index (χ0) is 13.9. The van der Waals surface area contributed by atoms with Crippen LogP contribution in [0, 0.1) is 0 Å². The van der Waals surface area contributed by atoms with Crippen molar-refractivity contribution in [2.75, 3.05) is 7.11 Å². The van der Waals surface area contributed by atoms with Crippen molar-refractivity contribution in [3.05, 3.63) is 59.9 Å². The van der Waals surface area contributed by atoms with Gasteiger partial charge in [0.05, 0.1) is 26.0 Å². The Kier molecular flexibility index (Phi) is 3.39. The number of rotatable bonds is 4. The number of benzene rings is 1. The Balaban J connectivity index is 1.94. The summed E-state index contributed by atoms with van der Waals surface area (Å²) in [4.78, 5) is 4.42. The summed E-state index contributed by atoms with van der Waals surface area (Å²) in [7, 11) is 1.62. The van der Waals surface area contributed by atoms with Gasteiger partial charge in [-0.3, -0.25) is 0 Å². The van der Waals surface area contributed by atoms with E-state index in [1.54, 1.807) is 7.11 Å². The van der Waals surface area contributed by atoms with Crippen LogP contribution in [-0.2, 0) is 13.2 Å². The standard InChI is InChI=1S/C16H16N2O2/c1-20-16-4-2-3-14(17-16)10-18-8-7-13-9-12(11-19)5-6-15(13)18/h2-9,19H,10-11H2,1H3. The number of ether oxygens (including phenoxy) is 1. The van der Waals surface area contributed by atoms with Crippen LogP contribution in [0.25, 0.3) is 10.9 Å². The molecule has 1 aromatic carbocycles. The molecule has 0 amide bonds. The average molecular weight is 268 g/mol. The van der Waals surface area contributed by atoms with Gasteiger partial charge in [0.25, 0.3) is 0 Å². The fraction of sp³-hybridized carbons (Fsp3) is 0.188. The maximum Gasteiger partial charge on any atom is 0.213 e. The van der Waals surface area contributed by atoms with Crippen molar-refractivity contribution >= 4 is 10.9 Å². The predicted octanol–water partition coefficient (Wildman–Crippen LogP) is 2.59. The smallest absolute Gasteiger partial charge is 0.213 e. The SMILES string of the molecule is COc1cccc(Cn2ccc3cc(CO)ccc32)n1. The lowest BCUT2D eigenvalue weighted by molar-refractivity contribution is 0.282. The highest BCUT2D eigenvalue weighted by Crippen LogP contribution is 2.19. The number of aromatic nitrogens is 2. The monoisotopic (exact) mass is 268 g/mol. The van der Waals surface area contributed by atoms with Gasteiger partial charge in [0.1, 0.15) is 0 Å². The number of nitrogens with zero attached hydrogens (tertiary/aromatic N) is 2. The molecule has 2 aromatic heterocycles. The van der Waals surface area contributed by atoms with E-state index < -0.39 is 0 Å². The summed E-state index contributed by atoms with van der Waals surface area (Å²) >= 11 is 0. The molecule has 1 N–H and O–H groups in total. The Morgan fingerprint density at radius 1 is 1.20 bits per heavy atom. The highest BCUT2D eigenvalue weighted by atomic mass is 16.5. The minimum absolute atomic E-state index is 0.0680. The average Bonchev–Trinajstić information content (AvgIpc) is 2.89. The van der Waals surface area contributed by atoms with Crippen molar-refractivity contribution in [1.82, 2.24) is 9.55 Å². The van der Waals surface area contributed by atoms with Gasteiger partial charge >= 0.3 is 0 Å². The zero-order valence-electron chi connectivity index (χ0n) is 11.3. The molecule has 0 spiro atoms. The van der Waals surface area contributed by atoms with Crippen molar-refractivity contribution < 1.29 is 9.84 Å². The summed E-state index contributed by atoms with van der Waals surface area (Å²) in [6.07, 6.45) is 2.03. The summed E-state index contributed by atoms with van der Waals surface area (Å²) in [5.74, 6) is 0.626. The summed E-state index contributed by atoms with van der Waals surface area (Å²) in [5.41, 5.74) is 3.01. The topological polar surface area (TPSA) is 47.3 Å². The minimum Gasteiger partial charge on any atom is -0.481 e. The van der Waals surface area contributed by atoms with E-state index in [2.05, 4.69) is 15.6 Å². The van der Waals surface area contributed by atoms with E-state index in [0.29, 0.717) is 12.4 Å². The van der Waals surface area contributed by atoms with Crippen LogP contribution in [0.4, 0.5) is 0 Å². The maximum absolute atomic E-state index is 9.17. The lowest BCUT2D eigenvalue weighted by Gasteiger charge is -2.07. The van der Waals surface area contributed by atoms with Gasteiger partial charge in [-0.2, -0.15) is 0 Å². The maximum atomic E-state index is 9.17. The molecule has 4 nitrogen and oxygen atoms in total. The van der Waals surface area contributed by atoms with Crippen molar-refractivity contribution in [1.29, 1.82) is 0 Å². The second kappa shape index (κ2) is 5.35. The van der Waals surface area contributed by atoms with Crippen LogP contribution in [0.1, 0.15) is 11.3 Å². The Morgan fingerprint density at radius 2 is 2.10 bits per heavy atom. The van der Waals surface area contributed by atoms with Crippen LogP contribution < -0.4 is 4.74 Å². The largest absolute Gasteiger partial charge is 0.481 e. The molecular weight excluding hydrogens is 252 g/mol. The molecule has 102 valence electrons. The number of hydrogen-bond acceptors (Lipinski definition) is 3. The first kappa shape index (κ1) is 12.7. The van der Waals surface area contributed by atoms with Gasteiger partial charge in [-0.15, -0.1) is 0 Å². The molecule has 0 radical (unpaired) electrons. The highest BCUT2D eigenvalue weighted by molar-refractivity contribution is 5.80. The first-order valence-corrected chi connectivity index (χ1v) is 6.49. The summed E-state index contributed by atoms with van der Waals surface area (Å²) < 4.78 is 7.28. The lowest BCUT2D eigenvalue weighted by atomic mass is 10.2. The second-order valence-corrected chi connectivity index (χ2v) is 4.67. The van der Waals surface area contributed by atoms with E-state index in [0.717, 1.165) is 22.2 Å². The van der Waals surface area contributed by atoms with Gasteiger partial charge in [-0.25, -0.2) is 4.98 Å². The number of aliphatic hydroxyl groups excluding tert-OH is 1. The first-order chi connectivity index (χ1) is 9.80. The molecule has 0 saturated heterocycles. The van der Waals surface area contributed by atoms with Crippen LogP contribution in [-0.4, -0.2) is 21.8 Å². The lowest BCUT2D eigenvalue weighted by Crippen LogP contribution is -2.01. The summed E-state index contributed by atoms with van der Waals surface area (Å²) in [6.45, 7) is 0.762. The van der Waals surface area contributed by atoms with E-state index >= 15 is 0 Å². The first-order valence-electron chi connectivity index (χ1n) is 6.49. The fourth-order valence-electron chi connectivity index (χ4n) is 2.32. The molecule has 0 unspecified atom stereocenters. The Hall–Kier alpha value is -2.33. The Bertz CT molecular complexity index is 734. The highest BCUT2D eigenvalue weighted by Gasteiger charge is 2.04. The summed E-state index contributed by atoms with van der Waals surface area (Å²) in [5, 5.41) is 10.3. The third-order valence-electron chi connectivity index (χ3n) is 3.34. The van der Waals surface area contributed by atoms with Crippen LogP contribution in [0.5, 0.6) is 5.88 Å². The number of aliphatic hydroxyl groups is 1. The Morgan fingerprint density at radius 3 is 2.90 bits per heavy atom. The van der Waals surface area contributed by atoms with Crippen molar-refractivity contribution in [3.63, 3.8) is 0 Å². The quantitative estimate of drug-likeness (QED) is 0.791. The zero-order valence-corrected chi connectivity index (χ0v) is 11.3. The van der Waals surface area contributed by atoms with Crippen molar-refractivity contribution in [2.24, 2.45) is 0 Å². The van der Waals surface area contributed by atoms with Gasteiger partial charge in [0.15, 0.2) is 0 Å². The molecular formula is C16H16N2O2. The molecule has 0 saturated carbocycles. The van der Waals surface area contributed by atoms with E-state index in [1.807, 2.05) is 42.6 Å². The van der Waals surface area contributed by atoms with Crippen molar-refractivity contribution in [3.8, 4) is 5.88 Å². The van der Waals surface area contributed by atoms with E-state index in [9.17, 15) is 0 Å². The van der Waals surface area contributed by atoms with Gasteiger partial charge in [0.2, 0.25) is 5.88 Å². The van der Waals surface area contributed by atoms with Gasteiger partial charge in [0, 0.05) is 17.8 Å². The number of hydrogen-bond donors (Lipinski definition) is 1. The molecule has 20 heavy (non-hydrogen) atoms. The van der Waals surface area contributed by atoms with E-state index in [4.69, 9.17) is 9.84 Å². The fourth-order valence-corrected chi connectivity index (χ4v) is 2.32. The van der Waals surface area contributed by atoms with Crippen molar-refractivity contribution in [2.45, 2.75) is 13.2 Å². The summed E-state index contributed by atoms with van der Waals surface area (Å²) in [6, 6.07) is 13.8. The molecule has 0 fully saturated rings. The minimum atomic E-state index is 0.0680. The number of fused-ring (bicyclic) bond motifs is 1. The van der Waals surface area contributed by atoms with Gasteiger partial charge < -0.3 is 14.4 Å². The molecule has 2 heterocycles. The number of pyridine rings is 1. The van der Waals surface area contributed by atoms with Crippen LogP contribution in [0.2, 0.25) is 0 Å². The van der Waals surface area contributed by atoms with Crippen LogP contribution >= 0.6 is 0 Å². The van der Waals surface area contributed by atoms with Crippen LogP contribution in [0.15, 0.2) is 48.7 Å². The molecule has 0 bridgehead atoms. The molecule has 0 aliphatic heterocycles. The third kappa shape index (κ3) is 2.38. The molecule has 3 aromatic rings. The molecule has 0 atom stereocenters. The Labute approximate surface area is 117 Å². The van der Waals surface area contributed by atoms with E-state index in [1.165, 1.54) is 0 Å². The van der Waals surface area contributed by atoms with Gasteiger partial charge in [-0.1, -0.05) is 12.1 Å².